The summed E-state index contributed by atoms with van der Waals surface area (Å²) in [4.78, 5) is 18.2. The van der Waals surface area contributed by atoms with E-state index in [-0.39, 0.29) is 5.41 Å². The second-order valence-corrected chi connectivity index (χ2v) is 10.3. The molecule has 5 aliphatic rings. The minimum Gasteiger partial charge on any atom is -0.368 e. The molecule has 1 heterocycles. The summed E-state index contributed by atoms with van der Waals surface area (Å²) in [6, 6.07) is 6.49. The summed E-state index contributed by atoms with van der Waals surface area (Å²) in [6.07, 6.45) is 7.77. The second-order valence-electron chi connectivity index (χ2n) is 9.41. The first-order valence-electron chi connectivity index (χ1n) is 10.3. The van der Waals surface area contributed by atoms with E-state index in [2.05, 4.69) is 50.9 Å². The van der Waals surface area contributed by atoms with Crippen molar-refractivity contribution >= 4 is 27.5 Å². The van der Waals surface area contributed by atoms with Crippen LogP contribution >= 0.6 is 15.9 Å². The normalized spacial score (nSPS) is 35.8. The number of anilines is 1. The number of nitrogens with zero attached hydrogens (tertiary/aromatic N) is 2. The van der Waals surface area contributed by atoms with E-state index >= 15 is 0 Å². The average Bonchev–Trinajstić information content (AvgIpc) is 2.62. The number of rotatable bonds is 2. The van der Waals surface area contributed by atoms with Crippen LogP contribution in [0.4, 0.5) is 5.69 Å². The van der Waals surface area contributed by atoms with Crippen LogP contribution in [0.5, 0.6) is 0 Å². The van der Waals surface area contributed by atoms with E-state index in [4.69, 9.17) is 0 Å². The third-order valence-electron chi connectivity index (χ3n) is 7.57. The van der Waals surface area contributed by atoms with Crippen LogP contribution in [-0.4, -0.2) is 37.0 Å². The van der Waals surface area contributed by atoms with Gasteiger partial charge in [0.05, 0.1) is 5.41 Å². The first kappa shape index (κ1) is 17.1. The molecule has 1 aromatic rings. The van der Waals surface area contributed by atoms with E-state index in [0.717, 1.165) is 48.4 Å². The minimum absolute atomic E-state index is 0.0165. The van der Waals surface area contributed by atoms with Crippen molar-refractivity contribution in [1.29, 1.82) is 0 Å². The number of benzene rings is 1. The van der Waals surface area contributed by atoms with E-state index in [0.29, 0.717) is 5.91 Å². The van der Waals surface area contributed by atoms with E-state index in [1.807, 2.05) is 0 Å². The van der Waals surface area contributed by atoms with Gasteiger partial charge in [0, 0.05) is 36.3 Å². The highest BCUT2D eigenvalue weighted by molar-refractivity contribution is 9.10. The summed E-state index contributed by atoms with van der Waals surface area (Å²) in [5, 5.41) is 0. The van der Waals surface area contributed by atoms with Crippen molar-refractivity contribution in [2.45, 2.75) is 45.4 Å². The van der Waals surface area contributed by atoms with Gasteiger partial charge in [0.1, 0.15) is 0 Å². The number of aryl methyl sites for hydroxylation is 1. The van der Waals surface area contributed by atoms with Gasteiger partial charge >= 0.3 is 0 Å². The molecule has 3 nitrogen and oxygen atoms in total. The molecule has 140 valence electrons. The molecule has 26 heavy (non-hydrogen) atoms. The number of carbonyl (C=O) groups excluding carboxylic acids is 1. The number of halogens is 1. The summed E-state index contributed by atoms with van der Waals surface area (Å²) in [5.74, 6) is 3.03. The van der Waals surface area contributed by atoms with Gasteiger partial charge in [-0.05, 0) is 80.9 Å². The Kier molecular flexibility index (Phi) is 4.11. The van der Waals surface area contributed by atoms with E-state index in [9.17, 15) is 4.79 Å². The summed E-state index contributed by atoms with van der Waals surface area (Å²) < 4.78 is 1.13. The van der Waals surface area contributed by atoms with Crippen molar-refractivity contribution in [3.63, 3.8) is 0 Å². The van der Waals surface area contributed by atoms with Crippen molar-refractivity contribution in [2.24, 2.45) is 23.2 Å². The molecule has 0 N–H and O–H groups in total. The summed E-state index contributed by atoms with van der Waals surface area (Å²) in [5.41, 5.74) is 2.64. The Hall–Kier alpha value is -1.03. The van der Waals surface area contributed by atoms with Crippen LogP contribution in [0.1, 0.15) is 44.1 Å². The maximum absolute atomic E-state index is 13.5. The highest BCUT2D eigenvalue weighted by Crippen LogP contribution is 2.60. The molecule has 0 unspecified atom stereocenters. The van der Waals surface area contributed by atoms with Crippen LogP contribution in [0, 0.1) is 30.1 Å². The van der Waals surface area contributed by atoms with Crippen LogP contribution in [0.15, 0.2) is 22.7 Å². The molecule has 1 amide bonds. The third kappa shape index (κ3) is 2.80. The maximum Gasteiger partial charge on any atom is 0.228 e. The molecule has 4 aliphatic carbocycles. The molecule has 0 radical (unpaired) electrons. The number of piperazine rings is 1. The fourth-order valence-corrected chi connectivity index (χ4v) is 7.13. The van der Waals surface area contributed by atoms with Gasteiger partial charge in [-0.3, -0.25) is 4.79 Å². The molecule has 4 saturated carbocycles. The standard InChI is InChI=1S/C22H29BrN2O/c1-15-2-3-19(23)11-20(15)24-4-6-25(7-5-24)21(26)22-12-16-8-17(13-22)10-18(9-16)14-22/h2-3,11,16-18H,4-10,12-14H2,1H3. The summed E-state index contributed by atoms with van der Waals surface area (Å²) >= 11 is 3.60. The lowest BCUT2D eigenvalue weighted by Crippen LogP contribution is -2.58. The molecule has 6 rings (SSSR count). The number of hydrogen-bond acceptors (Lipinski definition) is 2. The number of amides is 1. The lowest BCUT2D eigenvalue weighted by Gasteiger charge is -2.57. The first-order valence-corrected chi connectivity index (χ1v) is 11.1. The van der Waals surface area contributed by atoms with Gasteiger partial charge in [-0.15, -0.1) is 0 Å². The first-order chi connectivity index (χ1) is 12.5. The molecule has 5 fully saturated rings. The molecule has 4 bridgehead atoms. The molecule has 1 aromatic carbocycles. The molecule has 4 heteroatoms. The maximum atomic E-state index is 13.5. The van der Waals surface area contributed by atoms with Gasteiger partial charge < -0.3 is 9.80 Å². The third-order valence-corrected chi connectivity index (χ3v) is 8.06. The van der Waals surface area contributed by atoms with Crippen LogP contribution in [0.25, 0.3) is 0 Å². The van der Waals surface area contributed by atoms with Gasteiger partial charge in [0.2, 0.25) is 5.91 Å². The zero-order chi connectivity index (χ0) is 17.9. The van der Waals surface area contributed by atoms with Gasteiger partial charge in [-0.2, -0.15) is 0 Å². The van der Waals surface area contributed by atoms with Crippen molar-refractivity contribution in [1.82, 2.24) is 4.90 Å². The zero-order valence-corrected chi connectivity index (χ0v) is 17.3. The van der Waals surface area contributed by atoms with E-state index in [1.54, 1.807) is 0 Å². The Morgan fingerprint density at radius 2 is 1.58 bits per heavy atom. The van der Waals surface area contributed by atoms with Crippen LogP contribution in [-0.2, 0) is 4.79 Å². The zero-order valence-electron chi connectivity index (χ0n) is 15.7. The number of hydrogen-bond donors (Lipinski definition) is 0. The smallest absolute Gasteiger partial charge is 0.228 e. The van der Waals surface area contributed by atoms with E-state index < -0.39 is 0 Å². The number of carbonyl (C=O) groups is 1. The van der Waals surface area contributed by atoms with Crippen molar-refractivity contribution in [3.05, 3.63) is 28.2 Å². The summed E-state index contributed by atoms with van der Waals surface area (Å²) in [7, 11) is 0. The Morgan fingerprint density at radius 3 is 2.15 bits per heavy atom. The Morgan fingerprint density at radius 1 is 1.00 bits per heavy atom. The monoisotopic (exact) mass is 416 g/mol. The fourth-order valence-electron chi connectivity index (χ4n) is 6.78. The molecule has 1 aliphatic heterocycles. The lowest BCUT2D eigenvalue weighted by atomic mass is 9.49. The largest absolute Gasteiger partial charge is 0.368 e. The Bertz CT molecular complexity index is 688. The molecule has 1 saturated heterocycles. The Labute approximate surface area is 165 Å². The minimum atomic E-state index is 0.0165. The molecule has 0 aromatic heterocycles. The Balaban J connectivity index is 1.28. The molecular formula is C22H29BrN2O. The van der Waals surface area contributed by atoms with E-state index in [1.165, 1.54) is 49.8 Å². The van der Waals surface area contributed by atoms with Gasteiger partial charge in [-0.1, -0.05) is 22.0 Å². The quantitative estimate of drug-likeness (QED) is 0.701. The summed E-state index contributed by atoms with van der Waals surface area (Å²) in [6.45, 7) is 5.85. The van der Waals surface area contributed by atoms with Gasteiger partial charge in [-0.25, -0.2) is 0 Å². The topological polar surface area (TPSA) is 23.6 Å². The van der Waals surface area contributed by atoms with Crippen molar-refractivity contribution < 1.29 is 4.79 Å². The van der Waals surface area contributed by atoms with Crippen molar-refractivity contribution in [2.75, 3.05) is 31.1 Å². The fraction of sp³-hybridized carbons (Fsp3) is 0.682. The lowest BCUT2D eigenvalue weighted by molar-refractivity contribution is -0.158. The highest BCUT2D eigenvalue weighted by Gasteiger charge is 2.55. The predicted molar refractivity (Wildman–Crippen MR) is 108 cm³/mol. The van der Waals surface area contributed by atoms with Crippen molar-refractivity contribution in [3.8, 4) is 0 Å². The van der Waals surface area contributed by atoms with Crippen LogP contribution in [0.2, 0.25) is 0 Å². The predicted octanol–water partition coefficient (Wildman–Crippen LogP) is 4.62. The van der Waals surface area contributed by atoms with Crippen LogP contribution < -0.4 is 4.90 Å². The van der Waals surface area contributed by atoms with Gasteiger partial charge in [0.25, 0.3) is 0 Å². The molecular weight excluding hydrogens is 388 g/mol. The second kappa shape index (κ2) is 6.25. The van der Waals surface area contributed by atoms with Gasteiger partial charge in [0.15, 0.2) is 0 Å². The SMILES string of the molecule is Cc1ccc(Br)cc1N1CCN(C(=O)C23CC4CC(CC(C4)C2)C3)CC1. The highest BCUT2D eigenvalue weighted by atomic mass is 79.9. The molecule has 0 spiro atoms. The molecule has 0 atom stereocenters. The average molecular weight is 417 g/mol. The van der Waals surface area contributed by atoms with Crippen LogP contribution in [0.3, 0.4) is 0 Å².